The van der Waals surface area contributed by atoms with Crippen LogP contribution in [0.5, 0.6) is 0 Å². The molecule has 124 valence electrons. The predicted molar refractivity (Wildman–Crippen MR) is 92.9 cm³/mol. The maximum absolute atomic E-state index is 11.8. The summed E-state index contributed by atoms with van der Waals surface area (Å²) in [6.07, 6.45) is 5.62. The fourth-order valence-corrected chi connectivity index (χ4v) is 2.41. The van der Waals surface area contributed by atoms with Crippen LogP contribution in [0.1, 0.15) is 18.9 Å². The molecule has 0 fully saturated rings. The Morgan fingerprint density at radius 3 is 2.75 bits per heavy atom. The molecule has 6 nitrogen and oxygen atoms in total. The monoisotopic (exact) mass is 324 g/mol. The molecule has 0 radical (unpaired) electrons. The van der Waals surface area contributed by atoms with Crippen LogP contribution >= 0.6 is 0 Å². The molecule has 2 rings (SSSR count). The molecule has 6 heteroatoms. The molecule has 0 saturated heterocycles. The van der Waals surface area contributed by atoms with Gasteiger partial charge in [-0.1, -0.05) is 18.2 Å². The smallest absolute Gasteiger partial charge is 0.244 e. The van der Waals surface area contributed by atoms with Crippen molar-refractivity contribution in [3.8, 4) is 6.07 Å². The molecular formula is C18H20N4O2. The molecule has 1 heterocycles. The number of aryl methyl sites for hydroxylation is 1. The Bertz CT molecular complexity index is 799. The Morgan fingerprint density at radius 1 is 1.25 bits per heavy atom. The van der Waals surface area contributed by atoms with E-state index in [0.717, 1.165) is 16.5 Å². The highest BCUT2D eigenvalue weighted by molar-refractivity contribution is 5.96. The maximum atomic E-state index is 11.8. The van der Waals surface area contributed by atoms with Gasteiger partial charge in [-0.2, -0.15) is 5.26 Å². The van der Waals surface area contributed by atoms with Crippen LogP contribution in [0, 0.1) is 11.3 Å². The number of benzene rings is 1. The highest BCUT2D eigenvalue weighted by atomic mass is 16.2. The second-order valence-electron chi connectivity index (χ2n) is 5.31. The lowest BCUT2D eigenvalue weighted by atomic mass is 10.1. The fraction of sp³-hybridized carbons (Fsp3) is 0.278. The van der Waals surface area contributed by atoms with Crippen LogP contribution < -0.4 is 10.6 Å². The largest absolute Gasteiger partial charge is 0.355 e. The lowest BCUT2D eigenvalue weighted by molar-refractivity contribution is -0.119. The zero-order valence-corrected chi connectivity index (χ0v) is 13.6. The van der Waals surface area contributed by atoms with E-state index in [1.165, 1.54) is 13.0 Å². The molecule has 0 unspecified atom stereocenters. The number of hydrogen-bond acceptors (Lipinski definition) is 3. The minimum atomic E-state index is -0.214. The van der Waals surface area contributed by atoms with Crippen molar-refractivity contribution >= 4 is 28.8 Å². The molecule has 0 aliphatic rings. The van der Waals surface area contributed by atoms with Crippen molar-refractivity contribution in [3.63, 3.8) is 0 Å². The Hall–Kier alpha value is -3.07. The summed E-state index contributed by atoms with van der Waals surface area (Å²) in [7, 11) is 0. The van der Waals surface area contributed by atoms with Crippen molar-refractivity contribution in [3.05, 3.63) is 42.1 Å². The Morgan fingerprint density at radius 2 is 2.00 bits per heavy atom. The summed E-state index contributed by atoms with van der Waals surface area (Å²) < 4.78 is 2.02. The summed E-state index contributed by atoms with van der Waals surface area (Å²) in [6, 6.07) is 10.0. The van der Waals surface area contributed by atoms with Crippen molar-refractivity contribution in [2.45, 2.75) is 19.9 Å². The van der Waals surface area contributed by atoms with Gasteiger partial charge in [-0.3, -0.25) is 9.59 Å². The number of carbonyl (C=O) groups is 2. The van der Waals surface area contributed by atoms with Gasteiger partial charge >= 0.3 is 0 Å². The van der Waals surface area contributed by atoms with E-state index >= 15 is 0 Å². The van der Waals surface area contributed by atoms with Crippen LogP contribution in [-0.4, -0.2) is 29.5 Å². The molecular weight excluding hydrogens is 304 g/mol. The van der Waals surface area contributed by atoms with Gasteiger partial charge in [-0.05, 0) is 12.1 Å². The van der Waals surface area contributed by atoms with E-state index in [1.54, 1.807) is 6.08 Å². The number of para-hydroxylation sites is 1. The van der Waals surface area contributed by atoms with Crippen LogP contribution in [0.25, 0.3) is 17.0 Å². The predicted octanol–water partition coefficient (Wildman–Crippen LogP) is 1.82. The number of rotatable bonds is 7. The number of hydrogen-bond donors (Lipinski definition) is 2. The lowest BCUT2D eigenvalue weighted by Crippen LogP contribution is -2.32. The van der Waals surface area contributed by atoms with Crippen LogP contribution in [0.15, 0.2) is 36.5 Å². The highest BCUT2D eigenvalue weighted by Crippen LogP contribution is 2.22. The first-order valence-electron chi connectivity index (χ1n) is 7.77. The first kappa shape index (κ1) is 17.3. The van der Waals surface area contributed by atoms with E-state index in [-0.39, 0.29) is 11.8 Å². The van der Waals surface area contributed by atoms with Gasteiger partial charge < -0.3 is 15.2 Å². The number of carbonyl (C=O) groups excluding carboxylic acids is 2. The van der Waals surface area contributed by atoms with E-state index in [4.69, 9.17) is 5.26 Å². The summed E-state index contributed by atoms with van der Waals surface area (Å²) in [6.45, 7) is 2.84. The topological polar surface area (TPSA) is 86.9 Å². The third-order valence-electron chi connectivity index (χ3n) is 3.50. The second kappa shape index (κ2) is 8.53. The lowest BCUT2D eigenvalue weighted by Gasteiger charge is -2.02. The van der Waals surface area contributed by atoms with E-state index < -0.39 is 0 Å². The summed E-state index contributed by atoms with van der Waals surface area (Å²) >= 11 is 0. The molecule has 0 bridgehead atoms. The summed E-state index contributed by atoms with van der Waals surface area (Å²) in [5.41, 5.74) is 1.97. The van der Waals surface area contributed by atoms with Gasteiger partial charge in [-0.25, -0.2) is 0 Å². The molecule has 0 saturated carbocycles. The van der Waals surface area contributed by atoms with Gasteiger partial charge in [0.2, 0.25) is 11.8 Å². The van der Waals surface area contributed by atoms with Crippen LogP contribution in [-0.2, 0) is 16.1 Å². The third-order valence-corrected chi connectivity index (χ3v) is 3.50. The minimum absolute atomic E-state index is 0.120. The van der Waals surface area contributed by atoms with E-state index in [2.05, 4.69) is 16.7 Å². The molecule has 2 amide bonds. The average molecular weight is 324 g/mol. The van der Waals surface area contributed by atoms with E-state index in [9.17, 15) is 9.59 Å². The normalized spacial score (nSPS) is 10.7. The van der Waals surface area contributed by atoms with Crippen molar-refractivity contribution in [2.75, 3.05) is 13.1 Å². The number of aromatic nitrogens is 1. The van der Waals surface area contributed by atoms with Gasteiger partial charge in [0.05, 0.1) is 12.5 Å². The van der Waals surface area contributed by atoms with Crippen LogP contribution in [0.4, 0.5) is 0 Å². The van der Waals surface area contributed by atoms with E-state index in [1.807, 2.05) is 35.0 Å². The van der Waals surface area contributed by atoms with Crippen molar-refractivity contribution < 1.29 is 9.59 Å². The molecule has 0 spiro atoms. The maximum Gasteiger partial charge on any atom is 0.244 e. The fourth-order valence-electron chi connectivity index (χ4n) is 2.41. The summed E-state index contributed by atoms with van der Waals surface area (Å²) in [5.74, 6) is -0.334. The molecule has 0 aliphatic carbocycles. The first-order valence-corrected chi connectivity index (χ1v) is 7.77. The standard InChI is InChI=1S/C18H20N4O2/c1-14(23)20-10-11-21-18(24)8-7-15-13-22(12-4-9-19)17-6-3-2-5-16(15)17/h2-3,5-8,13H,4,10-12H2,1H3,(H,20,23)(H,21,24)/b8-7+. The Kier molecular flexibility index (Phi) is 6.15. The minimum Gasteiger partial charge on any atom is -0.355 e. The van der Waals surface area contributed by atoms with Gasteiger partial charge in [0.15, 0.2) is 0 Å². The Labute approximate surface area is 140 Å². The molecule has 2 aromatic rings. The van der Waals surface area contributed by atoms with Crippen LogP contribution in [0.3, 0.4) is 0 Å². The molecule has 2 N–H and O–H groups in total. The summed E-state index contributed by atoms with van der Waals surface area (Å²) in [5, 5.41) is 15.1. The molecule has 0 aliphatic heterocycles. The molecule has 1 aromatic carbocycles. The quantitative estimate of drug-likeness (QED) is 0.601. The van der Waals surface area contributed by atoms with Gasteiger partial charge in [0.25, 0.3) is 0 Å². The summed E-state index contributed by atoms with van der Waals surface area (Å²) in [4.78, 5) is 22.6. The zero-order chi connectivity index (χ0) is 17.4. The first-order chi connectivity index (χ1) is 11.6. The second-order valence-corrected chi connectivity index (χ2v) is 5.31. The van der Waals surface area contributed by atoms with Crippen molar-refractivity contribution in [2.24, 2.45) is 0 Å². The number of nitriles is 1. The van der Waals surface area contributed by atoms with Crippen LogP contribution in [0.2, 0.25) is 0 Å². The van der Waals surface area contributed by atoms with Crippen molar-refractivity contribution in [1.29, 1.82) is 5.26 Å². The van der Waals surface area contributed by atoms with E-state index in [0.29, 0.717) is 26.1 Å². The number of fused-ring (bicyclic) bond motifs is 1. The SMILES string of the molecule is CC(=O)NCCNC(=O)/C=C/c1cn(CCC#N)c2ccccc12. The molecule has 24 heavy (non-hydrogen) atoms. The van der Waals surface area contributed by atoms with Gasteiger partial charge in [0.1, 0.15) is 0 Å². The number of nitrogens with one attached hydrogen (secondary N) is 2. The van der Waals surface area contributed by atoms with Gasteiger partial charge in [0, 0.05) is 55.3 Å². The third kappa shape index (κ3) is 4.71. The number of amides is 2. The highest BCUT2D eigenvalue weighted by Gasteiger charge is 2.06. The van der Waals surface area contributed by atoms with Gasteiger partial charge in [-0.15, -0.1) is 0 Å². The molecule has 0 atom stereocenters. The molecule has 1 aromatic heterocycles. The zero-order valence-electron chi connectivity index (χ0n) is 13.6. The van der Waals surface area contributed by atoms with Crippen molar-refractivity contribution in [1.82, 2.24) is 15.2 Å². The number of nitrogens with zero attached hydrogens (tertiary/aromatic N) is 2. The Balaban J connectivity index is 2.05. The average Bonchev–Trinajstić information content (AvgIpc) is 2.93.